The SMILES string of the molecule is CC[C@@H](C)C(=O)O[C@@H]1[C@H](OC(C)=O)c2c(ccc3ccc(=O)oc23)OC1(C)C.COc1ccc(CN2CCNCC2)c(OC)c1OC.O=P(O)(O)O.O=P(O)(O)O.O=[N+]([O-])OCCN(CCO[N+](=O)[O-])CCO[N+](=O)[O-]. The number of piperazine rings is 1. The molecule has 1 fully saturated rings. The Morgan fingerprint density at radius 3 is 1.72 bits per heavy atom. The minimum Gasteiger partial charge on any atom is -0.493 e. The molecule has 76 heavy (non-hydrogen) atoms. The van der Waals surface area contributed by atoms with Gasteiger partial charge in [0.05, 0.1) is 32.8 Å². The molecule has 0 aliphatic carbocycles. The van der Waals surface area contributed by atoms with Gasteiger partial charge in [0.1, 0.15) is 36.8 Å². The molecule has 3 heterocycles. The van der Waals surface area contributed by atoms with Crippen molar-refractivity contribution in [1.82, 2.24) is 15.1 Å². The number of benzene rings is 2. The smallest absolute Gasteiger partial charge is 0.466 e. The van der Waals surface area contributed by atoms with Crippen molar-refractivity contribution in [1.29, 1.82) is 0 Å². The summed E-state index contributed by atoms with van der Waals surface area (Å²) in [5.74, 6) is 1.26. The van der Waals surface area contributed by atoms with Gasteiger partial charge >= 0.3 is 33.2 Å². The summed E-state index contributed by atoms with van der Waals surface area (Å²) < 4.78 is 56.8. The summed E-state index contributed by atoms with van der Waals surface area (Å²) in [6.45, 7) is 12.8. The van der Waals surface area contributed by atoms with Crippen LogP contribution in [-0.2, 0) is 49.3 Å². The number of phosphoric acid groups is 2. The molecule has 3 aromatic rings. The lowest BCUT2D eigenvalue weighted by Gasteiger charge is -2.43. The average Bonchev–Trinajstić information content (AvgIpc) is 3.30. The van der Waals surface area contributed by atoms with E-state index in [0.29, 0.717) is 34.6 Å². The Morgan fingerprint density at radius 1 is 0.803 bits per heavy atom. The van der Waals surface area contributed by atoms with E-state index in [4.69, 9.17) is 71.3 Å². The topological polar surface area (TPSA) is 451 Å². The largest absolute Gasteiger partial charge is 0.493 e. The van der Waals surface area contributed by atoms with Gasteiger partial charge in [0.25, 0.3) is 15.3 Å². The maximum absolute atomic E-state index is 12.5. The molecule has 35 heteroatoms. The molecule has 0 spiro atoms. The lowest BCUT2D eigenvalue weighted by molar-refractivity contribution is -0.760. The molecule has 5 rings (SSSR count). The second-order valence-electron chi connectivity index (χ2n) is 16.1. The van der Waals surface area contributed by atoms with E-state index < -0.39 is 66.3 Å². The van der Waals surface area contributed by atoms with E-state index in [1.54, 1.807) is 60.3 Å². The minimum absolute atomic E-state index is 0.0448. The highest BCUT2D eigenvalue weighted by Crippen LogP contribution is 2.47. The molecule has 0 radical (unpaired) electrons. The zero-order chi connectivity index (χ0) is 58.0. The van der Waals surface area contributed by atoms with Crippen LogP contribution in [0.5, 0.6) is 23.0 Å². The number of esters is 2. The molecule has 2 aromatic carbocycles. The van der Waals surface area contributed by atoms with Crippen molar-refractivity contribution in [2.75, 3.05) is 87.0 Å². The van der Waals surface area contributed by atoms with Crippen LogP contribution in [-0.4, -0.2) is 165 Å². The van der Waals surface area contributed by atoms with Crippen LogP contribution >= 0.6 is 15.6 Å². The van der Waals surface area contributed by atoms with Crippen LogP contribution in [0.25, 0.3) is 11.0 Å². The highest BCUT2D eigenvalue weighted by molar-refractivity contribution is 7.45. The molecular formula is C41H64N6O27P2. The number of hydrogen-bond donors (Lipinski definition) is 7. The third-order valence-electron chi connectivity index (χ3n) is 10.2. The molecule has 2 aliphatic heterocycles. The third-order valence-corrected chi connectivity index (χ3v) is 10.2. The maximum atomic E-state index is 12.5. The van der Waals surface area contributed by atoms with E-state index in [9.17, 15) is 44.7 Å². The van der Waals surface area contributed by atoms with Crippen LogP contribution in [0.1, 0.15) is 58.3 Å². The molecule has 430 valence electrons. The van der Waals surface area contributed by atoms with E-state index in [2.05, 4.69) is 24.7 Å². The van der Waals surface area contributed by atoms with Crippen molar-refractivity contribution >= 4 is 38.6 Å². The van der Waals surface area contributed by atoms with Gasteiger partial charge in [-0.05, 0) is 44.5 Å². The number of fused-ring (bicyclic) bond motifs is 3. The van der Waals surface area contributed by atoms with Crippen LogP contribution < -0.4 is 29.9 Å². The van der Waals surface area contributed by atoms with Crippen molar-refractivity contribution in [3.63, 3.8) is 0 Å². The van der Waals surface area contributed by atoms with Gasteiger partial charge in [-0.15, -0.1) is 30.3 Å². The van der Waals surface area contributed by atoms with E-state index in [-0.39, 0.29) is 51.0 Å². The van der Waals surface area contributed by atoms with Crippen molar-refractivity contribution < 1.29 is 111 Å². The summed E-state index contributed by atoms with van der Waals surface area (Å²) >= 11 is 0. The Hall–Kier alpha value is -6.51. The number of methoxy groups -OCH3 is 3. The number of nitrogens with zero attached hydrogens (tertiary/aromatic N) is 5. The van der Waals surface area contributed by atoms with Crippen molar-refractivity contribution in [3.05, 3.63) is 88.3 Å². The molecule has 1 saturated heterocycles. The summed E-state index contributed by atoms with van der Waals surface area (Å²) in [4.78, 5) is 125. The van der Waals surface area contributed by atoms with Crippen LogP contribution in [0.2, 0.25) is 0 Å². The fraction of sp³-hybridized carbons (Fsp3) is 0.585. The summed E-state index contributed by atoms with van der Waals surface area (Å²) in [5.41, 5.74) is 0.240. The van der Waals surface area contributed by atoms with Gasteiger partial charge in [0.2, 0.25) is 5.75 Å². The first-order chi connectivity index (χ1) is 35.3. The summed E-state index contributed by atoms with van der Waals surface area (Å²) in [7, 11) is -4.35. The highest BCUT2D eigenvalue weighted by Gasteiger charge is 2.50. The lowest BCUT2D eigenvalue weighted by atomic mass is 9.87. The Balaban J connectivity index is 0.000000534. The monoisotopic (exact) mass is 1130 g/mol. The molecule has 3 atom stereocenters. The van der Waals surface area contributed by atoms with Gasteiger partial charge in [-0.2, -0.15) is 0 Å². The third kappa shape index (κ3) is 26.8. The molecule has 7 N–H and O–H groups in total. The summed E-state index contributed by atoms with van der Waals surface area (Å²) in [5, 5.41) is 30.8. The van der Waals surface area contributed by atoms with Gasteiger partial charge in [-0.25, -0.2) is 13.9 Å². The van der Waals surface area contributed by atoms with E-state index >= 15 is 0 Å². The van der Waals surface area contributed by atoms with Crippen LogP contribution in [0, 0.1) is 36.3 Å². The van der Waals surface area contributed by atoms with Crippen LogP contribution in [0.3, 0.4) is 0 Å². The Kier molecular flexibility index (Phi) is 29.2. The zero-order valence-electron chi connectivity index (χ0n) is 42.6. The predicted octanol–water partition coefficient (Wildman–Crippen LogP) is 1.70. The quantitative estimate of drug-likeness (QED) is 0.0262. The van der Waals surface area contributed by atoms with Crippen molar-refractivity contribution in [2.24, 2.45) is 5.92 Å². The molecule has 33 nitrogen and oxygen atoms in total. The second kappa shape index (κ2) is 32.8. The van der Waals surface area contributed by atoms with E-state index in [1.807, 2.05) is 19.1 Å². The molecule has 0 bridgehead atoms. The Morgan fingerprint density at radius 2 is 1.29 bits per heavy atom. The van der Waals surface area contributed by atoms with E-state index in [1.165, 1.54) is 17.9 Å². The minimum atomic E-state index is -4.64. The van der Waals surface area contributed by atoms with Crippen molar-refractivity contribution in [2.45, 2.75) is 65.4 Å². The molecule has 2 aliphatic rings. The molecule has 0 amide bonds. The zero-order valence-corrected chi connectivity index (χ0v) is 44.4. The molecule has 0 saturated carbocycles. The number of nitrogens with one attached hydrogen (secondary N) is 1. The standard InChI is InChI=1S/C21H24O7.C14H22N2O3.C6H12N4O9.2H3O4P/c1-6-11(2)20(24)27-19-18(25-12(3)22)16-14(28-21(19,4)5)9-7-13-8-10-15(23)26-17(13)16;1-17-12-5-4-11(13(18-2)14(12)19-3)10-16-8-6-15-7-9-16;11-8(12)17-4-1-7(2-5-18-9(13)14)3-6-19-10(15)16;2*1-5(2,3)4/h7-11,18-19H,6H2,1-5H3;4-5,15H,6-10H2,1-3H3;1-6H2;2*(H3,1,2,3,4)/t11-,18-,19-;;;;/m1..../s1. The first-order valence-corrected chi connectivity index (χ1v) is 25.4. The van der Waals surface area contributed by atoms with Crippen LogP contribution in [0.15, 0.2) is 45.6 Å². The van der Waals surface area contributed by atoms with Gasteiger partial charge in [-0.1, -0.05) is 19.9 Å². The van der Waals surface area contributed by atoms with Gasteiger partial charge in [0, 0.05) is 76.3 Å². The van der Waals surface area contributed by atoms with Crippen molar-refractivity contribution in [3.8, 4) is 23.0 Å². The predicted molar refractivity (Wildman–Crippen MR) is 259 cm³/mol. The van der Waals surface area contributed by atoms with Gasteiger partial charge < -0.3 is 82.0 Å². The first-order valence-electron chi connectivity index (χ1n) is 22.3. The average molecular weight is 1130 g/mol. The van der Waals surface area contributed by atoms with Gasteiger partial charge in [-0.3, -0.25) is 19.4 Å². The number of rotatable bonds is 21. The number of carbonyl (C=O) groups is 2. The Bertz CT molecular complexity index is 2420. The normalized spacial score (nSPS) is 15.9. The maximum Gasteiger partial charge on any atom is 0.466 e. The first kappa shape index (κ1) is 67.5. The van der Waals surface area contributed by atoms with Gasteiger partial charge in [0.15, 0.2) is 23.7 Å². The summed E-state index contributed by atoms with van der Waals surface area (Å²) in [6, 6.07) is 10.4. The molecule has 1 aromatic heterocycles. The lowest BCUT2D eigenvalue weighted by Crippen LogP contribution is -2.52. The number of hydrogen-bond acceptors (Lipinski definition) is 24. The summed E-state index contributed by atoms with van der Waals surface area (Å²) in [6.07, 6.45) is -1.28. The second-order valence-corrected chi connectivity index (χ2v) is 18.2. The number of ether oxygens (including phenoxy) is 6. The molecule has 0 unspecified atom stereocenters. The highest BCUT2D eigenvalue weighted by atomic mass is 31.2. The Labute approximate surface area is 433 Å². The van der Waals surface area contributed by atoms with E-state index in [0.717, 1.165) is 44.0 Å². The fourth-order valence-electron chi connectivity index (χ4n) is 6.73. The molecular weight excluding hydrogens is 1070 g/mol. The van der Waals surface area contributed by atoms with Crippen LogP contribution in [0.4, 0.5) is 0 Å². The number of carbonyl (C=O) groups excluding carboxylic acids is 2. The fourth-order valence-corrected chi connectivity index (χ4v) is 6.73.